The van der Waals surface area contributed by atoms with Crippen LogP contribution in [0.4, 0.5) is 0 Å². The Morgan fingerprint density at radius 2 is 1.57 bits per heavy atom. The van der Waals surface area contributed by atoms with Gasteiger partial charge in [0, 0.05) is 6.07 Å². The number of phenols is 2. The molecule has 5 heteroatoms. The fourth-order valence-corrected chi connectivity index (χ4v) is 1.03. The topological polar surface area (TPSA) is 94.8 Å². The van der Waals surface area contributed by atoms with Gasteiger partial charge in [-0.2, -0.15) is 0 Å². The minimum Gasteiger partial charge on any atom is -0.507 e. The van der Waals surface area contributed by atoms with Crippen molar-refractivity contribution in [1.29, 1.82) is 0 Å². The molecule has 0 aliphatic rings. The fourth-order valence-electron chi connectivity index (χ4n) is 1.03. The zero-order valence-corrected chi connectivity index (χ0v) is 7.31. The fraction of sp³-hybridized carbons (Fsp3) is 0.111. The van der Waals surface area contributed by atoms with Crippen molar-refractivity contribution in [3.8, 4) is 11.5 Å². The average Bonchev–Trinajstić information content (AvgIpc) is 2.02. The molecular formula is C9H8O5. The molecule has 0 atom stereocenters. The van der Waals surface area contributed by atoms with Crippen LogP contribution in [0.25, 0.3) is 0 Å². The molecule has 0 aromatic heterocycles. The number of ketones is 1. The summed E-state index contributed by atoms with van der Waals surface area (Å²) in [5, 5.41) is 26.9. The summed E-state index contributed by atoms with van der Waals surface area (Å²) in [6, 6.07) is 1.77. The van der Waals surface area contributed by atoms with E-state index >= 15 is 0 Å². The minimum atomic E-state index is -1.36. The lowest BCUT2D eigenvalue weighted by atomic mass is 10.1. The maximum Gasteiger partial charge on any atom is 0.339 e. The van der Waals surface area contributed by atoms with E-state index in [1.165, 1.54) is 6.92 Å². The molecule has 0 aliphatic carbocycles. The van der Waals surface area contributed by atoms with E-state index in [0.717, 1.165) is 12.1 Å². The van der Waals surface area contributed by atoms with E-state index in [9.17, 15) is 14.7 Å². The van der Waals surface area contributed by atoms with E-state index in [-0.39, 0.29) is 5.56 Å². The van der Waals surface area contributed by atoms with Crippen molar-refractivity contribution in [1.82, 2.24) is 0 Å². The molecule has 5 nitrogen and oxygen atoms in total. The van der Waals surface area contributed by atoms with Gasteiger partial charge in [0.1, 0.15) is 17.1 Å². The van der Waals surface area contributed by atoms with E-state index in [1.54, 1.807) is 0 Å². The van der Waals surface area contributed by atoms with Crippen LogP contribution in [-0.2, 0) is 0 Å². The molecule has 1 rings (SSSR count). The molecule has 1 aromatic rings. The van der Waals surface area contributed by atoms with E-state index in [1.807, 2.05) is 0 Å². The lowest BCUT2D eigenvalue weighted by molar-refractivity contribution is 0.0693. The number of carbonyl (C=O) groups is 2. The summed E-state index contributed by atoms with van der Waals surface area (Å²) in [4.78, 5) is 21.5. The Labute approximate surface area is 79.2 Å². The van der Waals surface area contributed by atoms with Gasteiger partial charge in [0.05, 0.1) is 5.56 Å². The van der Waals surface area contributed by atoms with Crippen LogP contribution in [0.15, 0.2) is 12.1 Å². The van der Waals surface area contributed by atoms with Crippen molar-refractivity contribution in [3.05, 3.63) is 23.3 Å². The summed E-state index contributed by atoms with van der Waals surface area (Å²) in [5.74, 6) is -2.82. The van der Waals surface area contributed by atoms with Gasteiger partial charge in [-0.3, -0.25) is 4.79 Å². The molecule has 0 spiro atoms. The van der Waals surface area contributed by atoms with Gasteiger partial charge in [-0.25, -0.2) is 4.79 Å². The highest BCUT2D eigenvalue weighted by molar-refractivity contribution is 6.00. The summed E-state index contributed by atoms with van der Waals surface area (Å²) >= 11 is 0. The number of carboxylic acid groups (broad SMARTS) is 1. The number of hydrogen-bond donors (Lipinski definition) is 3. The first-order valence-electron chi connectivity index (χ1n) is 3.73. The summed E-state index contributed by atoms with van der Waals surface area (Å²) in [7, 11) is 0. The Morgan fingerprint density at radius 3 is 2.00 bits per heavy atom. The number of benzene rings is 1. The van der Waals surface area contributed by atoms with Gasteiger partial charge in [0.15, 0.2) is 5.78 Å². The molecule has 0 radical (unpaired) electrons. The number of phenolic OH excluding ortho intramolecular Hbond substituents is 1. The number of Topliss-reactive ketones (excluding diaryl/α,β-unsaturated/α-hetero) is 1. The van der Waals surface area contributed by atoms with E-state index in [2.05, 4.69) is 0 Å². The highest BCUT2D eigenvalue weighted by atomic mass is 16.4. The zero-order valence-electron chi connectivity index (χ0n) is 7.31. The number of carboxylic acids is 1. The third-order valence-electron chi connectivity index (χ3n) is 1.72. The normalized spacial score (nSPS) is 9.79. The Balaban J connectivity index is 3.42. The molecule has 0 aliphatic heterocycles. The molecular weight excluding hydrogens is 188 g/mol. The molecule has 14 heavy (non-hydrogen) atoms. The third-order valence-corrected chi connectivity index (χ3v) is 1.72. The van der Waals surface area contributed by atoms with Crippen LogP contribution in [0, 0.1) is 0 Å². The molecule has 0 fully saturated rings. The van der Waals surface area contributed by atoms with Crippen molar-refractivity contribution in [2.24, 2.45) is 0 Å². The quantitative estimate of drug-likeness (QED) is 0.613. The monoisotopic (exact) mass is 196 g/mol. The predicted octanol–water partition coefficient (Wildman–Crippen LogP) is 0.999. The van der Waals surface area contributed by atoms with Crippen LogP contribution in [0.5, 0.6) is 11.5 Å². The van der Waals surface area contributed by atoms with Crippen molar-refractivity contribution in [2.75, 3.05) is 0 Å². The summed E-state index contributed by atoms with van der Waals surface area (Å²) in [6.07, 6.45) is 0. The van der Waals surface area contributed by atoms with Gasteiger partial charge in [-0.05, 0) is 13.0 Å². The van der Waals surface area contributed by atoms with Crippen molar-refractivity contribution >= 4 is 11.8 Å². The van der Waals surface area contributed by atoms with Crippen LogP contribution >= 0.6 is 0 Å². The smallest absolute Gasteiger partial charge is 0.339 e. The van der Waals surface area contributed by atoms with Crippen LogP contribution < -0.4 is 0 Å². The van der Waals surface area contributed by atoms with E-state index < -0.39 is 28.8 Å². The number of aromatic hydroxyl groups is 2. The van der Waals surface area contributed by atoms with Gasteiger partial charge in [-0.15, -0.1) is 0 Å². The second-order valence-corrected chi connectivity index (χ2v) is 2.75. The third kappa shape index (κ3) is 1.66. The largest absolute Gasteiger partial charge is 0.507 e. The highest BCUT2D eigenvalue weighted by Gasteiger charge is 2.16. The van der Waals surface area contributed by atoms with Crippen LogP contribution in [0.2, 0.25) is 0 Å². The Hall–Kier alpha value is -2.04. The van der Waals surface area contributed by atoms with Crippen LogP contribution in [-0.4, -0.2) is 27.1 Å². The average molecular weight is 196 g/mol. The summed E-state index contributed by atoms with van der Waals surface area (Å²) < 4.78 is 0. The lowest BCUT2D eigenvalue weighted by Gasteiger charge is -2.04. The first-order valence-corrected chi connectivity index (χ1v) is 3.73. The first kappa shape index (κ1) is 10.0. The number of rotatable bonds is 2. The molecule has 0 heterocycles. The zero-order chi connectivity index (χ0) is 10.9. The molecule has 0 saturated carbocycles. The number of carbonyl (C=O) groups excluding carboxylic acids is 1. The Morgan fingerprint density at radius 1 is 1.07 bits per heavy atom. The molecule has 0 unspecified atom stereocenters. The molecule has 0 bridgehead atoms. The van der Waals surface area contributed by atoms with E-state index in [0.29, 0.717) is 0 Å². The van der Waals surface area contributed by atoms with Crippen molar-refractivity contribution in [3.63, 3.8) is 0 Å². The molecule has 0 saturated heterocycles. The minimum absolute atomic E-state index is 0.125. The SMILES string of the molecule is CC(=O)c1cc(C(=O)O)c(O)cc1O. The predicted molar refractivity (Wildman–Crippen MR) is 46.7 cm³/mol. The second kappa shape index (κ2) is 3.37. The number of aromatic carboxylic acids is 1. The lowest BCUT2D eigenvalue weighted by Crippen LogP contribution is -2.01. The molecule has 0 amide bonds. The van der Waals surface area contributed by atoms with Crippen LogP contribution in [0.1, 0.15) is 27.6 Å². The Kier molecular flexibility index (Phi) is 2.42. The summed E-state index contributed by atoms with van der Waals surface area (Å²) in [6.45, 7) is 1.19. The maximum absolute atomic E-state index is 10.9. The van der Waals surface area contributed by atoms with Gasteiger partial charge < -0.3 is 15.3 Å². The van der Waals surface area contributed by atoms with Gasteiger partial charge in [-0.1, -0.05) is 0 Å². The standard InChI is InChI=1S/C9H8O5/c1-4(10)5-2-6(9(13)14)8(12)3-7(5)11/h2-3,11-12H,1H3,(H,13,14). The highest BCUT2D eigenvalue weighted by Crippen LogP contribution is 2.27. The van der Waals surface area contributed by atoms with Crippen LogP contribution in [0.3, 0.4) is 0 Å². The van der Waals surface area contributed by atoms with Gasteiger partial charge in [0.2, 0.25) is 0 Å². The first-order chi connectivity index (χ1) is 6.43. The molecule has 1 aromatic carbocycles. The van der Waals surface area contributed by atoms with E-state index in [4.69, 9.17) is 10.2 Å². The molecule has 3 N–H and O–H groups in total. The van der Waals surface area contributed by atoms with Crippen molar-refractivity contribution in [2.45, 2.75) is 6.92 Å². The molecule has 74 valence electrons. The number of hydrogen-bond acceptors (Lipinski definition) is 4. The second-order valence-electron chi connectivity index (χ2n) is 2.75. The van der Waals surface area contributed by atoms with Crippen molar-refractivity contribution < 1.29 is 24.9 Å². The Bertz CT molecular complexity index is 373. The summed E-state index contributed by atoms with van der Waals surface area (Å²) in [5.41, 5.74) is -0.534. The van der Waals surface area contributed by atoms with Gasteiger partial charge in [0.25, 0.3) is 0 Å². The maximum atomic E-state index is 10.9. The van der Waals surface area contributed by atoms with Gasteiger partial charge >= 0.3 is 5.97 Å².